The van der Waals surface area contributed by atoms with Gasteiger partial charge in [-0.25, -0.2) is 0 Å². The van der Waals surface area contributed by atoms with E-state index in [1.807, 2.05) is 0 Å². The van der Waals surface area contributed by atoms with Crippen LogP contribution in [0.3, 0.4) is 0 Å². The summed E-state index contributed by atoms with van der Waals surface area (Å²) in [7, 11) is 0. The summed E-state index contributed by atoms with van der Waals surface area (Å²) in [6, 6.07) is 16.2. The molecule has 0 heterocycles. The quantitative estimate of drug-likeness (QED) is 0.319. The fourth-order valence-electron chi connectivity index (χ4n) is 5.16. The smallest absolute Gasteiger partial charge is 0.0316 e. The molecule has 1 aliphatic carbocycles. The van der Waals surface area contributed by atoms with Crippen LogP contribution in [0.5, 0.6) is 0 Å². The van der Waals surface area contributed by atoms with Crippen molar-refractivity contribution in [3.05, 3.63) is 64.7 Å². The summed E-state index contributed by atoms with van der Waals surface area (Å²) in [5, 5.41) is 0. The number of nitrogens with two attached hydrogens (primary N) is 1. The average molecular weight is 392 g/mol. The molecule has 0 aliphatic heterocycles. The second-order valence-electron chi connectivity index (χ2n) is 9.23. The number of nitrogen functional groups attached to an aromatic ring is 1. The van der Waals surface area contributed by atoms with E-state index in [1.165, 1.54) is 93.7 Å². The highest BCUT2D eigenvalue weighted by molar-refractivity contribution is 5.48. The van der Waals surface area contributed by atoms with Crippen molar-refractivity contribution in [3.63, 3.8) is 0 Å². The second-order valence-corrected chi connectivity index (χ2v) is 9.23. The number of hydrogen-bond donors (Lipinski definition) is 1. The van der Waals surface area contributed by atoms with Crippen LogP contribution >= 0.6 is 0 Å². The molecule has 158 valence electrons. The standard InChI is InChI=1S/C28H41N/c1-3-4-5-6-7-11-14-28(27-20-19-26(29)21-22(27)2)25-17-15-24(16-18-25)23-12-9-8-10-13-23/h15-21,23,28H,3-14,29H2,1-2H3. The van der Waals surface area contributed by atoms with Crippen LogP contribution in [0.25, 0.3) is 0 Å². The SMILES string of the molecule is CCCCCCCCC(c1ccc(C2CCCCC2)cc1)c1ccc(N)cc1C. The normalized spacial score (nSPS) is 16.1. The van der Waals surface area contributed by atoms with Crippen LogP contribution in [0.1, 0.15) is 118 Å². The van der Waals surface area contributed by atoms with Crippen molar-refractivity contribution in [3.8, 4) is 0 Å². The largest absolute Gasteiger partial charge is 0.399 e. The summed E-state index contributed by atoms with van der Waals surface area (Å²) in [4.78, 5) is 0. The zero-order chi connectivity index (χ0) is 20.5. The van der Waals surface area contributed by atoms with Crippen LogP contribution < -0.4 is 5.73 Å². The topological polar surface area (TPSA) is 26.0 Å². The summed E-state index contributed by atoms with van der Waals surface area (Å²) in [5.74, 6) is 1.27. The molecule has 1 aliphatic rings. The van der Waals surface area contributed by atoms with Gasteiger partial charge in [0.05, 0.1) is 0 Å². The highest BCUT2D eigenvalue weighted by Gasteiger charge is 2.19. The van der Waals surface area contributed by atoms with Crippen molar-refractivity contribution in [2.24, 2.45) is 0 Å². The Bertz CT molecular complexity index is 724. The van der Waals surface area contributed by atoms with Gasteiger partial charge < -0.3 is 5.73 Å². The Labute approximate surface area is 179 Å². The molecule has 1 fully saturated rings. The van der Waals surface area contributed by atoms with Crippen molar-refractivity contribution >= 4 is 5.69 Å². The van der Waals surface area contributed by atoms with Gasteiger partial charge in [0.15, 0.2) is 0 Å². The molecule has 3 rings (SSSR count). The van der Waals surface area contributed by atoms with E-state index < -0.39 is 0 Å². The highest BCUT2D eigenvalue weighted by atomic mass is 14.5. The van der Waals surface area contributed by atoms with Gasteiger partial charge in [0, 0.05) is 11.6 Å². The molecular formula is C28H41N. The molecule has 0 amide bonds. The van der Waals surface area contributed by atoms with Gasteiger partial charge in [0.1, 0.15) is 0 Å². The Hall–Kier alpha value is -1.76. The Morgan fingerprint density at radius 2 is 1.55 bits per heavy atom. The van der Waals surface area contributed by atoms with Gasteiger partial charge >= 0.3 is 0 Å². The van der Waals surface area contributed by atoms with Crippen LogP contribution in [0.2, 0.25) is 0 Å². The lowest BCUT2D eigenvalue weighted by molar-refractivity contribution is 0.443. The van der Waals surface area contributed by atoms with Crippen molar-refractivity contribution < 1.29 is 0 Å². The van der Waals surface area contributed by atoms with Crippen LogP contribution in [0.4, 0.5) is 5.69 Å². The summed E-state index contributed by atoms with van der Waals surface area (Å²) in [6.07, 6.45) is 16.3. The van der Waals surface area contributed by atoms with Crippen LogP contribution in [-0.4, -0.2) is 0 Å². The maximum Gasteiger partial charge on any atom is 0.0316 e. The third-order valence-electron chi connectivity index (χ3n) is 6.93. The fourth-order valence-corrected chi connectivity index (χ4v) is 5.16. The van der Waals surface area contributed by atoms with Gasteiger partial charge in [-0.15, -0.1) is 0 Å². The van der Waals surface area contributed by atoms with Gasteiger partial charge in [0.2, 0.25) is 0 Å². The van der Waals surface area contributed by atoms with E-state index in [4.69, 9.17) is 5.73 Å². The lowest BCUT2D eigenvalue weighted by atomic mass is 9.81. The molecule has 1 nitrogen and oxygen atoms in total. The van der Waals surface area contributed by atoms with Gasteiger partial charge in [0.25, 0.3) is 0 Å². The predicted molar refractivity (Wildman–Crippen MR) is 128 cm³/mol. The first kappa shape index (κ1) is 21.9. The zero-order valence-electron chi connectivity index (χ0n) is 18.8. The molecule has 1 heteroatoms. The first-order valence-electron chi connectivity index (χ1n) is 12.1. The molecular weight excluding hydrogens is 350 g/mol. The molecule has 0 bridgehead atoms. The van der Waals surface area contributed by atoms with Crippen LogP contribution in [-0.2, 0) is 0 Å². The summed E-state index contributed by atoms with van der Waals surface area (Å²) in [5.41, 5.74) is 12.7. The third-order valence-corrected chi connectivity index (χ3v) is 6.93. The second kappa shape index (κ2) is 11.4. The van der Waals surface area contributed by atoms with Crippen molar-refractivity contribution in [2.75, 3.05) is 5.73 Å². The number of rotatable bonds is 10. The molecule has 2 N–H and O–H groups in total. The van der Waals surface area contributed by atoms with E-state index in [1.54, 1.807) is 5.56 Å². The van der Waals surface area contributed by atoms with E-state index in [9.17, 15) is 0 Å². The number of unbranched alkanes of at least 4 members (excludes halogenated alkanes) is 5. The molecule has 0 spiro atoms. The minimum Gasteiger partial charge on any atom is -0.399 e. The van der Waals surface area contributed by atoms with E-state index in [0.717, 1.165) is 11.6 Å². The molecule has 0 saturated heterocycles. The average Bonchev–Trinajstić information content (AvgIpc) is 2.75. The molecule has 0 radical (unpaired) electrons. The maximum absolute atomic E-state index is 6.04. The highest BCUT2D eigenvalue weighted by Crippen LogP contribution is 2.36. The molecule has 1 atom stereocenters. The Morgan fingerprint density at radius 3 is 2.24 bits per heavy atom. The summed E-state index contributed by atoms with van der Waals surface area (Å²) >= 11 is 0. The van der Waals surface area contributed by atoms with Gasteiger partial charge in [-0.1, -0.05) is 95.0 Å². The van der Waals surface area contributed by atoms with Gasteiger partial charge in [-0.05, 0) is 66.5 Å². The lowest BCUT2D eigenvalue weighted by Crippen LogP contribution is -2.07. The monoisotopic (exact) mass is 391 g/mol. The van der Waals surface area contributed by atoms with E-state index >= 15 is 0 Å². The third kappa shape index (κ3) is 6.36. The Kier molecular flexibility index (Phi) is 8.65. The van der Waals surface area contributed by atoms with Crippen molar-refractivity contribution in [2.45, 2.75) is 103 Å². The number of anilines is 1. The number of aryl methyl sites for hydroxylation is 1. The molecule has 1 unspecified atom stereocenters. The predicted octanol–water partition coefficient (Wildman–Crippen LogP) is 8.51. The molecule has 29 heavy (non-hydrogen) atoms. The Balaban J connectivity index is 1.73. The van der Waals surface area contributed by atoms with E-state index in [0.29, 0.717) is 5.92 Å². The lowest BCUT2D eigenvalue weighted by Gasteiger charge is -2.24. The molecule has 0 aromatic heterocycles. The van der Waals surface area contributed by atoms with Gasteiger partial charge in [-0.2, -0.15) is 0 Å². The maximum atomic E-state index is 6.04. The van der Waals surface area contributed by atoms with E-state index in [2.05, 4.69) is 56.3 Å². The van der Waals surface area contributed by atoms with E-state index in [-0.39, 0.29) is 0 Å². The number of benzene rings is 2. The molecule has 2 aromatic rings. The fraction of sp³-hybridized carbons (Fsp3) is 0.571. The van der Waals surface area contributed by atoms with Gasteiger partial charge in [-0.3, -0.25) is 0 Å². The molecule has 2 aromatic carbocycles. The minimum atomic E-state index is 0.488. The van der Waals surface area contributed by atoms with Crippen LogP contribution in [0, 0.1) is 6.92 Å². The molecule has 1 saturated carbocycles. The van der Waals surface area contributed by atoms with Crippen LogP contribution in [0.15, 0.2) is 42.5 Å². The first-order chi connectivity index (χ1) is 14.2. The summed E-state index contributed by atoms with van der Waals surface area (Å²) < 4.78 is 0. The Morgan fingerprint density at radius 1 is 0.862 bits per heavy atom. The van der Waals surface area contributed by atoms with Crippen molar-refractivity contribution in [1.29, 1.82) is 0 Å². The number of hydrogen-bond acceptors (Lipinski definition) is 1. The first-order valence-corrected chi connectivity index (χ1v) is 12.1. The minimum absolute atomic E-state index is 0.488. The van der Waals surface area contributed by atoms with Crippen molar-refractivity contribution in [1.82, 2.24) is 0 Å². The zero-order valence-corrected chi connectivity index (χ0v) is 18.8. The summed E-state index contributed by atoms with van der Waals surface area (Å²) in [6.45, 7) is 4.51.